The van der Waals surface area contributed by atoms with Crippen LogP contribution in [-0.2, 0) is 4.74 Å². The molecule has 3 aromatic rings. The minimum atomic E-state index is -0.439. The predicted molar refractivity (Wildman–Crippen MR) is 103 cm³/mol. The lowest BCUT2D eigenvalue weighted by atomic mass is 9.97. The van der Waals surface area contributed by atoms with Crippen LogP contribution in [0.1, 0.15) is 39.7 Å². The normalized spacial score (nSPS) is 16.1. The molecule has 5 heteroatoms. The van der Waals surface area contributed by atoms with E-state index in [0.717, 1.165) is 11.1 Å². The Morgan fingerprint density at radius 2 is 1.81 bits per heavy atom. The summed E-state index contributed by atoms with van der Waals surface area (Å²) in [6.07, 6.45) is 0.687. The van der Waals surface area contributed by atoms with Crippen molar-refractivity contribution in [1.82, 2.24) is 4.90 Å². The SMILES string of the molecule is COCCCN1C(=O)c2oc3ccccc3c(=O)c2[C@H]1c1ccc(C)cc1. The first kappa shape index (κ1) is 17.5. The van der Waals surface area contributed by atoms with Gasteiger partial charge in [-0.25, -0.2) is 0 Å². The van der Waals surface area contributed by atoms with Crippen LogP contribution in [0.5, 0.6) is 0 Å². The summed E-state index contributed by atoms with van der Waals surface area (Å²) < 4.78 is 11.0. The van der Waals surface area contributed by atoms with Crippen molar-refractivity contribution in [2.24, 2.45) is 0 Å². The van der Waals surface area contributed by atoms with Crippen LogP contribution in [0.4, 0.5) is 0 Å². The molecule has 0 radical (unpaired) electrons. The molecule has 27 heavy (non-hydrogen) atoms. The van der Waals surface area contributed by atoms with Gasteiger partial charge >= 0.3 is 0 Å². The van der Waals surface area contributed by atoms with Crippen molar-refractivity contribution in [2.75, 3.05) is 20.3 Å². The van der Waals surface area contributed by atoms with Crippen LogP contribution in [-0.4, -0.2) is 31.1 Å². The van der Waals surface area contributed by atoms with Crippen molar-refractivity contribution in [3.05, 3.63) is 81.2 Å². The summed E-state index contributed by atoms with van der Waals surface area (Å²) in [4.78, 5) is 28.0. The zero-order valence-corrected chi connectivity index (χ0v) is 15.4. The van der Waals surface area contributed by atoms with E-state index in [1.807, 2.05) is 31.2 Å². The van der Waals surface area contributed by atoms with Crippen LogP contribution in [0, 0.1) is 6.92 Å². The van der Waals surface area contributed by atoms with E-state index in [9.17, 15) is 9.59 Å². The van der Waals surface area contributed by atoms with Gasteiger partial charge in [-0.15, -0.1) is 0 Å². The molecule has 0 saturated carbocycles. The molecule has 4 rings (SSSR count). The summed E-state index contributed by atoms with van der Waals surface area (Å²) in [6.45, 7) is 3.05. The molecule has 2 heterocycles. The molecule has 5 nitrogen and oxygen atoms in total. The summed E-state index contributed by atoms with van der Waals surface area (Å²) in [6, 6.07) is 14.6. The molecule has 2 aromatic carbocycles. The molecule has 0 bridgehead atoms. The second kappa shape index (κ2) is 7.00. The third-order valence-electron chi connectivity index (χ3n) is 5.01. The number of ether oxygens (including phenoxy) is 1. The molecule has 1 aliphatic rings. The maximum atomic E-state index is 13.2. The summed E-state index contributed by atoms with van der Waals surface area (Å²) >= 11 is 0. The molecule has 1 aromatic heterocycles. The van der Waals surface area contributed by atoms with Crippen LogP contribution < -0.4 is 5.43 Å². The van der Waals surface area contributed by atoms with Crippen molar-refractivity contribution in [3.8, 4) is 0 Å². The number of rotatable bonds is 5. The van der Waals surface area contributed by atoms with Gasteiger partial charge in [0.05, 0.1) is 17.0 Å². The molecule has 0 aliphatic carbocycles. The third kappa shape index (κ3) is 2.94. The molecule has 138 valence electrons. The maximum Gasteiger partial charge on any atom is 0.290 e. The minimum absolute atomic E-state index is 0.139. The zero-order valence-electron chi connectivity index (χ0n) is 15.4. The number of carbonyl (C=O) groups excluding carboxylic acids is 1. The highest BCUT2D eigenvalue weighted by atomic mass is 16.5. The highest BCUT2D eigenvalue weighted by molar-refractivity contribution is 5.99. The van der Waals surface area contributed by atoms with E-state index in [1.165, 1.54) is 0 Å². The standard InChI is InChI=1S/C22H21NO4/c1-14-8-10-15(11-9-14)19-18-20(24)16-6-3-4-7-17(16)27-21(18)22(25)23(19)12-5-13-26-2/h3-4,6-11,19H,5,12-13H2,1-2H3/t19-/m1/s1. The van der Waals surface area contributed by atoms with Gasteiger partial charge in [-0.3, -0.25) is 9.59 Å². The Hall–Kier alpha value is -2.92. The highest BCUT2D eigenvalue weighted by Gasteiger charge is 2.42. The van der Waals surface area contributed by atoms with Crippen molar-refractivity contribution >= 4 is 16.9 Å². The van der Waals surface area contributed by atoms with Crippen molar-refractivity contribution in [1.29, 1.82) is 0 Å². The molecule has 1 atom stereocenters. The molecular formula is C22H21NO4. The van der Waals surface area contributed by atoms with Crippen molar-refractivity contribution in [3.63, 3.8) is 0 Å². The minimum Gasteiger partial charge on any atom is -0.450 e. The van der Waals surface area contributed by atoms with E-state index in [0.29, 0.717) is 36.1 Å². The fourth-order valence-corrected chi connectivity index (χ4v) is 3.67. The number of fused-ring (bicyclic) bond motifs is 2. The summed E-state index contributed by atoms with van der Waals surface area (Å²) in [7, 11) is 1.63. The Kier molecular flexibility index (Phi) is 4.54. The van der Waals surface area contributed by atoms with Gasteiger partial charge in [0.1, 0.15) is 5.58 Å². The Morgan fingerprint density at radius 1 is 1.07 bits per heavy atom. The van der Waals surface area contributed by atoms with Gasteiger partial charge in [-0.05, 0) is 31.0 Å². The monoisotopic (exact) mass is 363 g/mol. The second-order valence-corrected chi connectivity index (χ2v) is 6.83. The number of aryl methyl sites for hydroxylation is 1. The van der Waals surface area contributed by atoms with E-state index < -0.39 is 6.04 Å². The molecule has 0 fully saturated rings. The van der Waals surface area contributed by atoms with Crippen LogP contribution in [0.3, 0.4) is 0 Å². The highest BCUT2D eigenvalue weighted by Crippen LogP contribution is 2.38. The van der Waals surface area contributed by atoms with Crippen molar-refractivity contribution in [2.45, 2.75) is 19.4 Å². The number of nitrogens with zero attached hydrogens (tertiary/aromatic N) is 1. The lowest BCUT2D eigenvalue weighted by molar-refractivity contribution is 0.0708. The summed E-state index contributed by atoms with van der Waals surface area (Å²) in [5.74, 6) is -0.0868. The maximum absolute atomic E-state index is 13.2. The fraction of sp³-hybridized carbons (Fsp3) is 0.273. The van der Waals surface area contributed by atoms with Crippen LogP contribution in [0.2, 0.25) is 0 Å². The smallest absolute Gasteiger partial charge is 0.290 e. The lowest BCUT2D eigenvalue weighted by Gasteiger charge is -2.25. The Labute approximate surface area is 157 Å². The Bertz CT molecular complexity index is 1050. The van der Waals surface area contributed by atoms with Gasteiger partial charge in [-0.2, -0.15) is 0 Å². The Balaban J connectivity index is 1.90. The molecular weight excluding hydrogens is 342 g/mol. The number of hydrogen-bond acceptors (Lipinski definition) is 4. The number of amides is 1. The molecule has 0 N–H and O–H groups in total. The van der Waals surface area contributed by atoms with Gasteiger partial charge in [0.25, 0.3) is 5.91 Å². The number of hydrogen-bond donors (Lipinski definition) is 0. The summed E-state index contributed by atoms with van der Waals surface area (Å²) in [5, 5.41) is 0.500. The molecule has 0 spiro atoms. The topological polar surface area (TPSA) is 59.8 Å². The zero-order chi connectivity index (χ0) is 19.0. The van der Waals surface area contributed by atoms with Crippen LogP contribution in [0.15, 0.2) is 57.7 Å². The van der Waals surface area contributed by atoms with E-state index in [4.69, 9.17) is 9.15 Å². The third-order valence-corrected chi connectivity index (χ3v) is 5.01. The van der Waals surface area contributed by atoms with E-state index in [1.54, 1.807) is 36.3 Å². The van der Waals surface area contributed by atoms with Gasteiger partial charge in [0.2, 0.25) is 5.76 Å². The second-order valence-electron chi connectivity index (χ2n) is 6.83. The first-order valence-electron chi connectivity index (χ1n) is 9.04. The molecule has 0 saturated heterocycles. The quantitative estimate of drug-likeness (QED) is 0.649. The first-order valence-corrected chi connectivity index (χ1v) is 9.04. The first-order chi connectivity index (χ1) is 13.1. The van der Waals surface area contributed by atoms with Gasteiger partial charge in [0.15, 0.2) is 5.43 Å². The fourth-order valence-electron chi connectivity index (χ4n) is 3.67. The Morgan fingerprint density at radius 3 is 2.56 bits per heavy atom. The van der Waals surface area contributed by atoms with Gasteiger partial charge < -0.3 is 14.1 Å². The number of para-hydroxylation sites is 1. The van der Waals surface area contributed by atoms with Crippen molar-refractivity contribution < 1.29 is 13.9 Å². The average molecular weight is 363 g/mol. The number of benzene rings is 2. The van der Waals surface area contributed by atoms with Crippen LogP contribution in [0.25, 0.3) is 11.0 Å². The van der Waals surface area contributed by atoms with Gasteiger partial charge in [0, 0.05) is 20.3 Å². The van der Waals surface area contributed by atoms with Crippen LogP contribution >= 0.6 is 0 Å². The number of carbonyl (C=O) groups is 1. The number of methoxy groups -OCH3 is 1. The van der Waals surface area contributed by atoms with Gasteiger partial charge in [-0.1, -0.05) is 42.0 Å². The molecule has 1 amide bonds. The lowest BCUT2D eigenvalue weighted by Crippen LogP contribution is -2.31. The summed E-state index contributed by atoms with van der Waals surface area (Å²) in [5.41, 5.74) is 2.77. The molecule has 1 aliphatic heterocycles. The molecule has 0 unspecified atom stereocenters. The van der Waals surface area contributed by atoms with E-state index in [2.05, 4.69) is 0 Å². The predicted octanol–water partition coefficient (Wildman–Crippen LogP) is 3.68. The van der Waals surface area contributed by atoms with E-state index >= 15 is 0 Å². The average Bonchev–Trinajstić information content (AvgIpc) is 2.96. The van der Waals surface area contributed by atoms with E-state index in [-0.39, 0.29) is 17.1 Å². The largest absolute Gasteiger partial charge is 0.450 e.